The van der Waals surface area contributed by atoms with Gasteiger partial charge in [-0.15, -0.1) is 0 Å². The van der Waals surface area contributed by atoms with Crippen molar-refractivity contribution in [3.63, 3.8) is 0 Å². The molecule has 1 aliphatic carbocycles. The van der Waals surface area contributed by atoms with E-state index in [1.807, 2.05) is 0 Å². The molecule has 0 amide bonds. The Morgan fingerprint density at radius 2 is 2.08 bits per heavy atom. The first-order valence-corrected chi connectivity index (χ1v) is 4.91. The predicted molar refractivity (Wildman–Crippen MR) is 50.1 cm³/mol. The Morgan fingerprint density at radius 3 is 2.83 bits per heavy atom. The van der Waals surface area contributed by atoms with Crippen LogP contribution in [0.5, 0.6) is 0 Å². The molecule has 0 aromatic heterocycles. The predicted octanol–water partition coefficient (Wildman–Crippen LogP) is 2.91. The molecule has 1 aliphatic heterocycles. The molecule has 1 saturated heterocycles. The fourth-order valence-electron chi connectivity index (χ4n) is 2.59. The average molecular weight is 166 g/mol. The molecular formula is C11H18O. The number of rotatable bonds is 0. The second-order valence-corrected chi connectivity index (χ2v) is 4.59. The summed E-state index contributed by atoms with van der Waals surface area (Å²) in [6.45, 7) is 7.77. The number of hydrogen-bond acceptors (Lipinski definition) is 1. The van der Waals surface area contributed by atoms with Crippen LogP contribution in [0, 0.1) is 5.92 Å². The normalized spacial score (nSPS) is 41.8. The SMILES string of the molecule is CC1=C(C)C[C@]2(C)OCCC2C1. The van der Waals surface area contributed by atoms with E-state index in [-0.39, 0.29) is 5.60 Å². The summed E-state index contributed by atoms with van der Waals surface area (Å²) >= 11 is 0. The third-order valence-corrected chi connectivity index (χ3v) is 3.66. The lowest BCUT2D eigenvalue weighted by Crippen LogP contribution is -2.35. The molecule has 2 rings (SSSR count). The highest BCUT2D eigenvalue weighted by atomic mass is 16.5. The standard InChI is InChI=1S/C11H18O/c1-8-6-10-4-5-12-11(10,3)7-9(8)2/h10H,4-7H2,1-3H3/t10?,11-/m0/s1. The van der Waals surface area contributed by atoms with Gasteiger partial charge in [0.1, 0.15) is 0 Å². The smallest absolute Gasteiger partial charge is 0.0723 e. The fraction of sp³-hybridized carbons (Fsp3) is 0.818. The van der Waals surface area contributed by atoms with Crippen molar-refractivity contribution in [1.29, 1.82) is 0 Å². The maximum atomic E-state index is 5.83. The second-order valence-electron chi connectivity index (χ2n) is 4.59. The lowest BCUT2D eigenvalue weighted by Gasteiger charge is -2.36. The highest BCUT2D eigenvalue weighted by Gasteiger charge is 2.42. The third-order valence-electron chi connectivity index (χ3n) is 3.66. The topological polar surface area (TPSA) is 9.23 Å². The molecule has 2 aliphatic rings. The van der Waals surface area contributed by atoms with E-state index in [0.29, 0.717) is 0 Å². The Morgan fingerprint density at radius 1 is 1.33 bits per heavy atom. The molecule has 1 fully saturated rings. The zero-order valence-electron chi connectivity index (χ0n) is 8.31. The molecule has 1 heterocycles. The van der Waals surface area contributed by atoms with Crippen molar-refractivity contribution in [1.82, 2.24) is 0 Å². The van der Waals surface area contributed by atoms with Gasteiger partial charge in [0.05, 0.1) is 5.60 Å². The minimum absolute atomic E-state index is 0.184. The van der Waals surface area contributed by atoms with Crippen LogP contribution in [0.25, 0.3) is 0 Å². The summed E-state index contributed by atoms with van der Waals surface area (Å²) in [7, 11) is 0. The number of ether oxygens (including phenoxy) is 1. The van der Waals surface area contributed by atoms with Crippen molar-refractivity contribution in [3.8, 4) is 0 Å². The summed E-state index contributed by atoms with van der Waals surface area (Å²) < 4.78 is 5.83. The average Bonchev–Trinajstić information content (AvgIpc) is 2.32. The molecule has 2 atom stereocenters. The monoisotopic (exact) mass is 166 g/mol. The van der Waals surface area contributed by atoms with Crippen molar-refractivity contribution in [2.24, 2.45) is 5.92 Å². The molecular weight excluding hydrogens is 148 g/mol. The molecule has 1 heteroatoms. The summed E-state index contributed by atoms with van der Waals surface area (Å²) in [5, 5.41) is 0. The van der Waals surface area contributed by atoms with Crippen molar-refractivity contribution in [2.45, 2.75) is 45.6 Å². The Kier molecular flexibility index (Phi) is 1.80. The fourth-order valence-corrected chi connectivity index (χ4v) is 2.59. The second kappa shape index (κ2) is 2.59. The van der Waals surface area contributed by atoms with E-state index < -0.39 is 0 Å². The molecule has 1 nitrogen and oxygen atoms in total. The van der Waals surface area contributed by atoms with Crippen LogP contribution in [0.3, 0.4) is 0 Å². The highest BCUT2D eigenvalue weighted by Crippen LogP contribution is 2.44. The van der Waals surface area contributed by atoms with E-state index in [9.17, 15) is 0 Å². The summed E-state index contributed by atoms with van der Waals surface area (Å²) in [5.74, 6) is 0.793. The molecule has 0 aromatic carbocycles. The van der Waals surface area contributed by atoms with Gasteiger partial charge >= 0.3 is 0 Å². The highest BCUT2D eigenvalue weighted by molar-refractivity contribution is 5.20. The van der Waals surface area contributed by atoms with Crippen LogP contribution in [0.15, 0.2) is 11.1 Å². The lowest BCUT2D eigenvalue weighted by molar-refractivity contribution is -0.00942. The van der Waals surface area contributed by atoms with Gasteiger partial charge in [0.2, 0.25) is 0 Å². The van der Waals surface area contributed by atoms with E-state index >= 15 is 0 Å². The Bertz CT molecular complexity index is 229. The third kappa shape index (κ3) is 1.11. The largest absolute Gasteiger partial charge is 0.375 e. The number of allylic oxidation sites excluding steroid dienone is 1. The minimum Gasteiger partial charge on any atom is -0.375 e. The molecule has 0 spiro atoms. The van der Waals surface area contributed by atoms with Crippen LogP contribution in [-0.4, -0.2) is 12.2 Å². The molecule has 0 saturated carbocycles. The Labute approximate surface area is 74.8 Å². The van der Waals surface area contributed by atoms with Crippen LogP contribution < -0.4 is 0 Å². The maximum absolute atomic E-state index is 5.83. The van der Waals surface area contributed by atoms with Gasteiger partial charge in [-0.3, -0.25) is 0 Å². The summed E-state index contributed by atoms with van der Waals surface area (Å²) in [4.78, 5) is 0. The van der Waals surface area contributed by atoms with Crippen LogP contribution in [-0.2, 0) is 4.74 Å². The van der Waals surface area contributed by atoms with Gasteiger partial charge in [0.15, 0.2) is 0 Å². The van der Waals surface area contributed by atoms with Crippen LogP contribution in [0.2, 0.25) is 0 Å². The van der Waals surface area contributed by atoms with Crippen LogP contribution in [0.1, 0.15) is 40.0 Å². The first-order valence-electron chi connectivity index (χ1n) is 4.91. The molecule has 68 valence electrons. The van der Waals surface area contributed by atoms with Crippen molar-refractivity contribution >= 4 is 0 Å². The summed E-state index contributed by atoms with van der Waals surface area (Å²) in [5.41, 5.74) is 3.34. The van der Waals surface area contributed by atoms with Gasteiger partial charge in [0, 0.05) is 6.61 Å². The quantitative estimate of drug-likeness (QED) is 0.503. The van der Waals surface area contributed by atoms with Gasteiger partial charge in [-0.1, -0.05) is 11.1 Å². The van der Waals surface area contributed by atoms with E-state index in [4.69, 9.17) is 4.74 Å². The summed E-state index contributed by atoms with van der Waals surface area (Å²) in [6.07, 6.45) is 3.69. The van der Waals surface area contributed by atoms with Crippen molar-refractivity contribution in [3.05, 3.63) is 11.1 Å². The maximum Gasteiger partial charge on any atom is 0.0723 e. The Balaban J connectivity index is 2.25. The van der Waals surface area contributed by atoms with Gasteiger partial charge in [-0.05, 0) is 46.0 Å². The van der Waals surface area contributed by atoms with Gasteiger partial charge in [-0.2, -0.15) is 0 Å². The molecule has 0 aromatic rings. The molecule has 0 radical (unpaired) electrons. The Hall–Kier alpha value is -0.300. The van der Waals surface area contributed by atoms with E-state index in [1.54, 1.807) is 11.1 Å². The first kappa shape index (κ1) is 8.31. The van der Waals surface area contributed by atoms with Gasteiger partial charge < -0.3 is 4.74 Å². The molecule has 0 N–H and O–H groups in total. The number of fused-ring (bicyclic) bond motifs is 1. The molecule has 1 unspecified atom stereocenters. The molecule has 0 bridgehead atoms. The zero-order valence-corrected chi connectivity index (χ0v) is 8.31. The minimum atomic E-state index is 0.184. The van der Waals surface area contributed by atoms with Crippen molar-refractivity contribution in [2.75, 3.05) is 6.61 Å². The zero-order chi connectivity index (χ0) is 8.77. The first-order chi connectivity index (χ1) is 5.62. The lowest BCUT2D eigenvalue weighted by atomic mass is 9.74. The molecule has 12 heavy (non-hydrogen) atoms. The van der Waals surface area contributed by atoms with E-state index in [2.05, 4.69) is 20.8 Å². The number of hydrogen-bond donors (Lipinski definition) is 0. The van der Waals surface area contributed by atoms with Crippen LogP contribution >= 0.6 is 0 Å². The summed E-state index contributed by atoms with van der Waals surface area (Å²) in [6, 6.07) is 0. The van der Waals surface area contributed by atoms with Crippen molar-refractivity contribution < 1.29 is 4.74 Å². The van der Waals surface area contributed by atoms with Crippen LogP contribution in [0.4, 0.5) is 0 Å². The van der Waals surface area contributed by atoms with E-state index in [0.717, 1.165) is 18.9 Å². The van der Waals surface area contributed by atoms with Gasteiger partial charge in [-0.25, -0.2) is 0 Å². The van der Waals surface area contributed by atoms with E-state index in [1.165, 1.54) is 12.8 Å². The van der Waals surface area contributed by atoms with Gasteiger partial charge in [0.25, 0.3) is 0 Å².